The maximum atomic E-state index is 13.1. The first-order chi connectivity index (χ1) is 11.9. The molecular weight excluding hydrogens is 327 g/mol. The summed E-state index contributed by atoms with van der Waals surface area (Å²) in [7, 11) is 0. The van der Waals surface area contributed by atoms with Gasteiger partial charge in [-0.1, -0.05) is 12.1 Å². The number of imidazole rings is 1. The Labute approximate surface area is 144 Å². The lowest BCUT2D eigenvalue weighted by molar-refractivity contribution is -0.389. The number of carbonyl (C=O) groups is 1. The number of nitrogens with zero attached hydrogens (tertiary/aromatic N) is 3. The Hall–Kier alpha value is -2.77. The fraction of sp³-hybridized carbons (Fsp3) is 0.412. The fourth-order valence-corrected chi connectivity index (χ4v) is 3.14. The molecule has 1 N–H and O–H groups in total. The molecule has 1 aromatic carbocycles. The molecule has 1 heterocycles. The van der Waals surface area contributed by atoms with Crippen LogP contribution in [0.25, 0.3) is 0 Å². The van der Waals surface area contributed by atoms with Crippen molar-refractivity contribution in [1.82, 2.24) is 14.9 Å². The number of rotatable bonds is 6. The number of aryl methyl sites for hydroxylation is 2. The lowest BCUT2D eigenvalue weighted by Crippen LogP contribution is -2.50. The number of halogens is 1. The Bertz CT molecular complexity index is 797. The second kappa shape index (κ2) is 6.62. The van der Waals surface area contributed by atoms with Crippen molar-refractivity contribution in [2.75, 3.05) is 0 Å². The van der Waals surface area contributed by atoms with Crippen LogP contribution in [-0.2, 0) is 16.9 Å². The normalized spacial score (nSPS) is 15.4. The van der Waals surface area contributed by atoms with Gasteiger partial charge in [0.15, 0.2) is 0 Å². The quantitative estimate of drug-likeness (QED) is 0.643. The van der Waals surface area contributed by atoms with E-state index in [-0.39, 0.29) is 24.0 Å². The monoisotopic (exact) mass is 346 g/mol. The highest BCUT2D eigenvalue weighted by Crippen LogP contribution is 2.41. The summed E-state index contributed by atoms with van der Waals surface area (Å²) in [6.07, 6.45) is 4.17. The summed E-state index contributed by atoms with van der Waals surface area (Å²) in [5, 5.41) is 13.8. The van der Waals surface area contributed by atoms with Gasteiger partial charge in [-0.3, -0.25) is 4.79 Å². The van der Waals surface area contributed by atoms with Crippen molar-refractivity contribution >= 4 is 11.7 Å². The Morgan fingerprint density at radius 2 is 2.08 bits per heavy atom. The number of nitrogens with one attached hydrogen (secondary N) is 1. The van der Waals surface area contributed by atoms with Crippen LogP contribution in [0.15, 0.2) is 30.5 Å². The molecule has 1 aromatic heterocycles. The van der Waals surface area contributed by atoms with Gasteiger partial charge in [0, 0.05) is 19.9 Å². The van der Waals surface area contributed by atoms with E-state index in [9.17, 15) is 19.3 Å². The third-order valence-electron chi connectivity index (χ3n) is 4.71. The Morgan fingerprint density at radius 3 is 2.60 bits per heavy atom. The molecule has 0 bridgehead atoms. The summed E-state index contributed by atoms with van der Waals surface area (Å²) >= 11 is 0. The minimum atomic E-state index is -0.554. The standard InChI is InChI=1S/C17H19FN4O3/c1-12-19-15(22(24)25)11-21(12)10-7-16(23)20-17(8-2-9-17)13-3-5-14(18)6-4-13/h3-6,11H,2,7-10H2,1H3,(H,20,23). The summed E-state index contributed by atoms with van der Waals surface area (Å²) in [4.78, 5) is 26.4. The van der Waals surface area contributed by atoms with Gasteiger partial charge in [0.05, 0.1) is 5.54 Å². The van der Waals surface area contributed by atoms with Crippen LogP contribution in [0, 0.1) is 22.9 Å². The molecule has 0 aliphatic heterocycles. The second-order valence-electron chi connectivity index (χ2n) is 6.34. The number of hydrogen-bond donors (Lipinski definition) is 1. The first-order valence-corrected chi connectivity index (χ1v) is 8.15. The van der Waals surface area contributed by atoms with Crippen LogP contribution < -0.4 is 5.32 Å². The van der Waals surface area contributed by atoms with Gasteiger partial charge < -0.3 is 20.0 Å². The van der Waals surface area contributed by atoms with Crippen LogP contribution in [-0.4, -0.2) is 20.4 Å². The average Bonchev–Trinajstić information content (AvgIpc) is 2.91. The predicted octanol–water partition coefficient (Wildman–Crippen LogP) is 2.82. The molecule has 2 aromatic rings. The van der Waals surface area contributed by atoms with Crippen molar-refractivity contribution in [3.8, 4) is 0 Å². The predicted molar refractivity (Wildman–Crippen MR) is 88.3 cm³/mol. The van der Waals surface area contributed by atoms with Gasteiger partial charge in [-0.2, -0.15) is 0 Å². The van der Waals surface area contributed by atoms with E-state index in [4.69, 9.17) is 0 Å². The molecule has 0 unspecified atom stereocenters. The fourth-order valence-electron chi connectivity index (χ4n) is 3.14. The zero-order valence-electron chi connectivity index (χ0n) is 13.9. The second-order valence-corrected chi connectivity index (χ2v) is 6.34. The summed E-state index contributed by atoms with van der Waals surface area (Å²) < 4.78 is 14.7. The first kappa shape index (κ1) is 17.1. The maximum absolute atomic E-state index is 13.1. The first-order valence-electron chi connectivity index (χ1n) is 8.15. The third-order valence-corrected chi connectivity index (χ3v) is 4.71. The van der Waals surface area contributed by atoms with E-state index in [2.05, 4.69) is 10.3 Å². The number of hydrogen-bond acceptors (Lipinski definition) is 4. The third kappa shape index (κ3) is 3.52. The van der Waals surface area contributed by atoms with Crippen LogP contribution in [0.4, 0.5) is 10.2 Å². The van der Waals surface area contributed by atoms with E-state index >= 15 is 0 Å². The number of carbonyl (C=O) groups excluding carboxylic acids is 1. The van der Waals surface area contributed by atoms with Crippen LogP contribution in [0.3, 0.4) is 0 Å². The van der Waals surface area contributed by atoms with E-state index < -0.39 is 10.5 Å². The number of benzene rings is 1. The topological polar surface area (TPSA) is 90.1 Å². The molecule has 0 spiro atoms. The average molecular weight is 346 g/mol. The maximum Gasteiger partial charge on any atom is 0.381 e. The molecule has 132 valence electrons. The molecule has 0 atom stereocenters. The molecule has 8 heteroatoms. The van der Waals surface area contributed by atoms with Crippen LogP contribution in [0.1, 0.15) is 37.1 Å². The lowest BCUT2D eigenvalue weighted by Gasteiger charge is -2.43. The number of nitro groups is 1. The largest absolute Gasteiger partial charge is 0.381 e. The highest BCUT2D eigenvalue weighted by molar-refractivity contribution is 5.77. The summed E-state index contributed by atoms with van der Waals surface area (Å²) in [5.74, 6) is -0.169. The van der Waals surface area contributed by atoms with Gasteiger partial charge in [0.2, 0.25) is 11.7 Å². The van der Waals surface area contributed by atoms with E-state index in [0.29, 0.717) is 12.4 Å². The number of aromatic nitrogens is 2. The lowest BCUT2D eigenvalue weighted by atomic mass is 9.71. The summed E-state index contributed by atoms with van der Waals surface area (Å²) in [6, 6.07) is 6.21. The SMILES string of the molecule is Cc1nc([N+](=O)[O-])cn1CCC(=O)NC1(c2ccc(F)cc2)CCC1. The van der Waals surface area contributed by atoms with Crippen LogP contribution in [0.2, 0.25) is 0 Å². The molecule has 25 heavy (non-hydrogen) atoms. The van der Waals surface area contributed by atoms with E-state index in [0.717, 1.165) is 24.8 Å². The van der Waals surface area contributed by atoms with Gasteiger partial charge in [0.1, 0.15) is 12.0 Å². The van der Waals surface area contributed by atoms with Crippen molar-refractivity contribution in [3.05, 3.63) is 57.8 Å². The van der Waals surface area contributed by atoms with Crippen molar-refractivity contribution in [3.63, 3.8) is 0 Å². The minimum absolute atomic E-state index is 0.139. The molecule has 1 saturated carbocycles. The highest BCUT2D eigenvalue weighted by Gasteiger charge is 2.39. The van der Waals surface area contributed by atoms with Crippen molar-refractivity contribution in [2.24, 2.45) is 0 Å². The molecular formula is C17H19FN4O3. The Balaban J connectivity index is 1.63. The molecule has 0 saturated heterocycles. The van der Waals surface area contributed by atoms with Gasteiger partial charge in [-0.25, -0.2) is 4.39 Å². The van der Waals surface area contributed by atoms with Crippen molar-refractivity contribution in [2.45, 2.75) is 44.7 Å². The van der Waals surface area contributed by atoms with Crippen molar-refractivity contribution < 1.29 is 14.1 Å². The smallest absolute Gasteiger partial charge is 0.358 e. The summed E-state index contributed by atoms with van der Waals surface area (Å²) in [5.41, 5.74) is 0.476. The minimum Gasteiger partial charge on any atom is -0.358 e. The van der Waals surface area contributed by atoms with Crippen LogP contribution >= 0.6 is 0 Å². The highest BCUT2D eigenvalue weighted by atomic mass is 19.1. The number of amides is 1. The molecule has 7 nitrogen and oxygen atoms in total. The summed E-state index contributed by atoms with van der Waals surface area (Å²) in [6.45, 7) is 1.98. The molecule has 1 aliphatic rings. The zero-order valence-corrected chi connectivity index (χ0v) is 13.9. The van der Waals surface area contributed by atoms with E-state index in [1.165, 1.54) is 18.3 Å². The van der Waals surface area contributed by atoms with Gasteiger partial charge in [0.25, 0.3) is 0 Å². The molecule has 1 fully saturated rings. The van der Waals surface area contributed by atoms with Crippen LogP contribution in [0.5, 0.6) is 0 Å². The van der Waals surface area contributed by atoms with E-state index in [1.54, 1.807) is 23.6 Å². The van der Waals surface area contributed by atoms with Gasteiger partial charge in [-0.05, 0) is 46.9 Å². The Kier molecular flexibility index (Phi) is 4.52. The Morgan fingerprint density at radius 1 is 1.40 bits per heavy atom. The molecule has 3 rings (SSSR count). The molecule has 1 amide bonds. The molecule has 1 aliphatic carbocycles. The molecule has 0 radical (unpaired) electrons. The van der Waals surface area contributed by atoms with Gasteiger partial charge in [-0.15, -0.1) is 0 Å². The van der Waals surface area contributed by atoms with E-state index in [1.807, 2.05) is 0 Å². The van der Waals surface area contributed by atoms with Crippen molar-refractivity contribution in [1.29, 1.82) is 0 Å². The van der Waals surface area contributed by atoms with Gasteiger partial charge >= 0.3 is 5.82 Å². The zero-order chi connectivity index (χ0) is 18.0.